The summed E-state index contributed by atoms with van der Waals surface area (Å²) in [6.45, 7) is 0.631. The van der Waals surface area contributed by atoms with Crippen molar-refractivity contribution in [1.29, 1.82) is 0 Å². The van der Waals surface area contributed by atoms with Crippen molar-refractivity contribution in [3.63, 3.8) is 0 Å². The Hall–Kier alpha value is -0.740. The largest absolute Gasteiger partial charge is 0.507 e. The molecular formula is C14H17BrClNO2. The first-order valence-electron chi connectivity index (χ1n) is 6.44. The third kappa shape index (κ3) is 3.63. The molecular weight excluding hydrogens is 330 g/mol. The average molecular weight is 347 g/mol. The predicted octanol–water partition coefficient (Wildman–Crippen LogP) is 3.54. The maximum absolute atomic E-state index is 12.0. The number of halogens is 2. The minimum Gasteiger partial charge on any atom is -0.507 e. The fourth-order valence-electron chi connectivity index (χ4n) is 2.60. The van der Waals surface area contributed by atoms with Gasteiger partial charge >= 0.3 is 0 Å². The summed E-state index contributed by atoms with van der Waals surface area (Å²) in [6.07, 6.45) is 3.44. The molecule has 1 aromatic carbocycles. The second-order valence-corrected chi connectivity index (χ2v) is 6.20. The summed E-state index contributed by atoms with van der Waals surface area (Å²) in [5.41, 5.74) is 0.309. The van der Waals surface area contributed by atoms with Gasteiger partial charge in [-0.2, -0.15) is 0 Å². The standard InChI is InChI=1S/C14H17BrClNO2/c15-11-4-5-12(13(18)6-11)14(19)17-8-10-3-1-2-9(10)7-16/h4-6,9-10,18H,1-3,7-8H2,(H,17,19). The molecule has 0 saturated heterocycles. The van der Waals surface area contributed by atoms with Gasteiger partial charge in [0.05, 0.1) is 5.56 Å². The highest BCUT2D eigenvalue weighted by Gasteiger charge is 2.26. The Bertz CT molecular complexity index is 467. The van der Waals surface area contributed by atoms with Crippen molar-refractivity contribution >= 4 is 33.4 Å². The SMILES string of the molecule is O=C(NCC1CCCC1CCl)c1ccc(Br)cc1O. The van der Waals surface area contributed by atoms with Gasteiger partial charge in [0, 0.05) is 16.9 Å². The summed E-state index contributed by atoms with van der Waals surface area (Å²) in [5.74, 6) is 1.38. The Morgan fingerprint density at radius 2 is 2.16 bits per heavy atom. The number of carbonyl (C=O) groups is 1. The molecule has 1 aromatic rings. The predicted molar refractivity (Wildman–Crippen MR) is 79.7 cm³/mol. The number of carbonyl (C=O) groups excluding carboxylic acids is 1. The molecule has 0 radical (unpaired) electrons. The number of hydrogen-bond acceptors (Lipinski definition) is 2. The maximum atomic E-state index is 12.0. The molecule has 0 aromatic heterocycles. The van der Waals surface area contributed by atoms with E-state index in [4.69, 9.17) is 11.6 Å². The van der Waals surface area contributed by atoms with Gasteiger partial charge in [0.15, 0.2) is 0 Å². The van der Waals surface area contributed by atoms with Crippen LogP contribution >= 0.6 is 27.5 Å². The highest BCUT2D eigenvalue weighted by Crippen LogP contribution is 2.32. The normalized spacial score (nSPS) is 22.4. The van der Waals surface area contributed by atoms with Crippen LogP contribution in [0.2, 0.25) is 0 Å². The minimum atomic E-state index is -0.231. The molecule has 0 heterocycles. The van der Waals surface area contributed by atoms with E-state index in [1.54, 1.807) is 12.1 Å². The second-order valence-electron chi connectivity index (χ2n) is 4.98. The quantitative estimate of drug-likeness (QED) is 0.819. The van der Waals surface area contributed by atoms with E-state index in [0.717, 1.165) is 17.3 Å². The molecule has 1 fully saturated rings. The van der Waals surface area contributed by atoms with Crippen molar-refractivity contribution in [2.45, 2.75) is 19.3 Å². The van der Waals surface area contributed by atoms with Crippen molar-refractivity contribution in [2.75, 3.05) is 12.4 Å². The van der Waals surface area contributed by atoms with Crippen LogP contribution in [0, 0.1) is 11.8 Å². The molecule has 2 atom stereocenters. The van der Waals surface area contributed by atoms with E-state index in [-0.39, 0.29) is 11.7 Å². The summed E-state index contributed by atoms with van der Waals surface area (Å²) >= 11 is 9.17. The molecule has 104 valence electrons. The Morgan fingerprint density at radius 1 is 1.42 bits per heavy atom. The minimum absolute atomic E-state index is 0.00723. The third-order valence-corrected chi connectivity index (χ3v) is 4.63. The first-order chi connectivity index (χ1) is 9.11. The lowest BCUT2D eigenvalue weighted by Gasteiger charge is -2.17. The van der Waals surface area contributed by atoms with Crippen molar-refractivity contribution in [2.24, 2.45) is 11.8 Å². The molecule has 0 aliphatic heterocycles. The summed E-state index contributed by atoms with van der Waals surface area (Å²) < 4.78 is 0.750. The summed E-state index contributed by atoms with van der Waals surface area (Å²) in [6, 6.07) is 4.88. The van der Waals surface area contributed by atoms with Crippen LogP contribution in [0.1, 0.15) is 29.6 Å². The Morgan fingerprint density at radius 3 is 2.84 bits per heavy atom. The van der Waals surface area contributed by atoms with Crippen LogP contribution in [0.4, 0.5) is 0 Å². The molecule has 0 bridgehead atoms. The van der Waals surface area contributed by atoms with Crippen molar-refractivity contribution in [3.05, 3.63) is 28.2 Å². The van der Waals surface area contributed by atoms with Gasteiger partial charge in [0.25, 0.3) is 5.91 Å². The number of alkyl halides is 1. The van der Waals surface area contributed by atoms with E-state index in [9.17, 15) is 9.90 Å². The monoisotopic (exact) mass is 345 g/mol. The lowest BCUT2D eigenvalue weighted by Crippen LogP contribution is -2.31. The fourth-order valence-corrected chi connectivity index (χ4v) is 3.36. The van der Waals surface area contributed by atoms with Crippen molar-refractivity contribution in [1.82, 2.24) is 5.32 Å². The topological polar surface area (TPSA) is 49.3 Å². The van der Waals surface area contributed by atoms with Gasteiger partial charge in [0.2, 0.25) is 0 Å². The van der Waals surface area contributed by atoms with Crippen LogP contribution < -0.4 is 5.32 Å². The second kappa shape index (κ2) is 6.62. The smallest absolute Gasteiger partial charge is 0.255 e. The molecule has 19 heavy (non-hydrogen) atoms. The van der Waals surface area contributed by atoms with E-state index in [0.29, 0.717) is 29.8 Å². The van der Waals surface area contributed by atoms with Gasteiger partial charge < -0.3 is 10.4 Å². The first-order valence-corrected chi connectivity index (χ1v) is 7.77. The number of benzene rings is 1. The van der Waals surface area contributed by atoms with E-state index in [1.165, 1.54) is 12.5 Å². The highest BCUT2D eigenvalue weighted by atomic mass is 79.9. The van der Waals surface area contributed by atoms with E-state index >= 15 is 0 Å². The molecule has 1 aliphatic rings. The first kappa shape index (κ1) is 14.7. The fraction of sp³-hybridized carbons (Fsp3) is 0.500. The van der Waals surface area contributed by atoms with Crippen LogP contribution in [0.25, 0.3) is 0 Å². The molecule has 3 nitrogen and oxygen atoms in total. The molecule has 2 unspecified atom stereocenters. The summed E-state index contributed by atoms with van der Waals surface area (Å²) in [7, 11) is 0. The molecule has 1 amide bonds. The molecule has 5 heteroatoms. The molecule has 2 rings (SSSR count). The van der Waals surface area contributed by atoms with Crippen LogP contribution in [0.15, 0.2) is 22.7 Å². The maximum Gasteiger partial charge on any atom is 0.255 e. The van der Waals surface area contributed by atoms with E-state index in [2.05, 4.69) is 21.2 Å². The van der Waals surface area contributed by atoms with Crippen LogP contribution in [-0.2, 0) is 0 Å². The zero-order valence-corrected chi connectivity index (χ0v) is 12.9. The molecule has 2 N–H and O–H groups in total. The number of phenolic OH excluding ortho intramolecular Hbond substituents is 1. The van der Waals surface area contributed by atoms with Gasteiger partial charge in [-0.05, 0) is 42.9 Å². The summed E-state index contributed by atoms with van der Waals surface area (Å²) in [4.78, 5) is 12.0. The van der Waals surface area contributed by atoms with Gasteiger partial charge in [-0.25, -0.2) is 0 Å². The van der Waals surface area contributed by atoms with Crippen molar-refractivity contribution in [3.8, 4) is 5.75 Å². The van der Waals surface area contributed by atoms with Gasteiger partial charge in [0.1, 0.15) is 5.75 Å². The Kier molecular flexibility index (Phi) is 5.11. The highest BCUT2D eigenvalue weighted by molar-refractivity contribution is 9.10. The lowest BCUT2D eigenvalue weighted by atomic mass is 9.98. The molecule has 1 aliphatic carbocycles. The number of amides is 1. The molecule has 1 saturated carbocycles. The number of rotatable bonds is 4. The Labute approximate surface area is 126 Å². The zero-order chi connectivity index (χ0) is 13.8. The van der Waals surface area contributed by atoms with E-state index in [1.807, 2.05) is 0 Å². The lowest BCUT2D eigenvalue weighted by molar-refractivity contribution is 0.0942. The Balaban J connectivity index is 1.94. The van der Waals surface area contributed by atoms with Gasteiger partial charge in [-0.3, -0.25) is 4.79 Å². The number of nitrogens with one attached hydrogen (secondary N) is 1. The average Bonchev–Trinajstić information content (AvgIpc) is 2.83. The van der Waals surface area contributed by atoms with Crippen LogP contribution in [0.3, 0.4) is 0 Å². The molecule has 0 spiro atoms. The summed E-state index contributed by atoms with van der Waals surface area (Å²) in [5, 5.41) is 12.6. The van der Waals surface area contributed by atoms with Crippen LogP contribution in [0.5, 0.6) is 5.75 Å². The number of phenols is 1. The zero-order valence-electron chi connectivity index (χ0n) is 10.5. The number of hydrogen-bond donors (Lipinski definition) is 2. The van der Waals surface area contributed by atoms with Crippen LogP contribution in [-0.4, -0.2) is 23.4 Å². The van der Waals surface area contributed by atoms with Gasteiger partial charge in [-0.1, -0.05) is 22.4 Å². The van der Waals surface area contributed by atoms with E-state index < -0.39 is 0 Å². The van der Waals surface area contributed by atoms with Gasteiger partial charge in [-0.15, -0.1) is 11.6 Å². The number of aromatic hydroxyl groups is 1. The van der Waals surface area contributed by atoms with Crippen molar-refractivity contribution < 1.29 is 9.90 Å². The third-order valence-electron chi connectivity index (χ3n) is 3.74.